The molecule has 1 saturated heterocycles. The minimum absolute atomic E-state index is 0.119. The molecule has 0 radical (unpaired) electrons. The second-order valence-corrected chi connectivity index (χ2v) is 8.61. The summed E-state index contributed by atoms with van der Waals surface area (Å²) in [5, 5.41) is 4.19. The molecule has 2 aromatic rings. The number of hydrogen-bond acceptors (Lipinski definition) is 4. The second kappa shape index (κ2) is 8.22. The summed E-state index contributed by atoms with van der Waals surface area (Å²) in [6, 6.07) is 5.79. The van der Waals surface area contributed by atoms with Gasteiger partial charge in [-0.1, -0.05) is 18.9 Å². The maximum atomic E-state index is 13.3. The number of alkyl halides is 3. The van der Waals surface area contributed by atoms with Crippen molar-refractivity contribution in [1.29, 1.82) is 0 Å². The number of anilines is 2. The molecule has 1 N–H and O–H groups in total. The lowest BCUT2D eigenvalue weighted by Gasteiger charge is -2.24. The maximum Gasteiger partial charge on any atom is 0.417 e. The molecule has 0 saturated carbocycles. The fraction of sp³-hybridized carbons (Fsp3) is 0.333. The lowest BCUT2D eigenvalue weighted by atomic mass is 10.1. The summed E-state index contributed by atoms with van der Waals surface area (Å²) in [5.41, 5.74) is 0.0734. The summed E-state index contributed by atoms with van der Waals surface area (Å²) in [7, 11) is -1.29. The Morgan fingerprint density at radius 2 is 1.83 bits per heavy atom. The van der Waals surface area contributed by atoms with Gasteiger partial charge in [0.25, 0.3) is 5.91 Å². The Hall–Kier alpha value is -2.68. The van der Waals surface area contributed by atoms with E-state index in [0.717, 1.165) is 43.5 Å². The number of nitrogens with zero attached hydrogens (tertiary/aromatic N) is 2. The van der Waals surface area contributed by atoms with E-state index in [4.69, 9.17) is 0 Å². The number of aromatic nitrogens is 1. The summed E-state index contributed by atoms with van der Waals surface area (Å²) >= 11 is 0. The van der Waals surface area contributed by atoms with E-state index in [1.54, 1.807) is 29.7 Å². The number of pyridine rings is 1. The minimum Gasteiger partial charge on any atom is -0.356 e. The number of nitrogens with one attached hydrogen (secondary N) is 1. The van der Waals surface area contributed by atoms with Crippen LogP contribution in [0.2, 0.25) is 0 Å². The number of benzene rings is 1. The van der Waals surface area contributed by atoms with Gasteiger partial charge in [-0.15, -0.1) is 0 Å². The van der Waals surface area contributed by atoms with Crippen LogP contribution in [0.1, 0.15) is 47.2 Å². The molecule has 2 aliphatic heterocycles. The number of carbonyl (C=O) groups excluding carboxylic acids is 1. The van der Waals surface area contributed by atoms with Crippen LogP contribution in [0.5, 0.6) is 0 Å². The van der Waals surface area contributed by atoms with E-state index in [-0.39, 0.29) is 11.4 Å². The van der Waals surface area contributed by atoms with E-state index >= 15 is 0 Å². The first kappa shape index (κ1) is 20.6. The fourth-order valence-electron chi connectivity index (χ4n) is 3.65. The average molecular weight is 435 g/mol. The second-order valence-electron chi connectivity index (χ2n) is 7.30. The zero-order valence-electron chi connectivity index (χ0n) is 16.0. The zero-order chi connectivity index (χ0) is 21.3. The van der Waals surface area contributed by atoms with Crippen molar-refractivity contribution < 1.29 is 22.2 Å². The predicted octanol–water partition coefficient (Wildman–Crippen LogP) is 4.83. The molecule has 5 nitrogen and oxygen atoms in total. The first-order valence-electron chi connectivity index (χ1n) is 9.69. The van der Waals surface area contributed by atoms with Crippen molar-refractivity contribution in [2.75, 3.05) is 23.3 Å². The predicted molar refractivity (Wildman–Crippen MR) is 110 cm³/mol. The van der Waals surface area contributed by atoms with Crippen molar-refractivity contribution in [1.82, 2.24) is 4.98 Å². The minimum atomic E-state index is -4.60. The fourth-order valence-corrected chi connectivity index (χ4v) is 4.67. The van der Waals surface area contributed by atoms with Crippen molar-refractivity contribution in [3.05, 3.63) is 52.6 Å². The Labute approximate surface area is 174 Å². The average Bonchev–Trinajstić information content (AvgIpc) is 2.92. The van der Waals surface area contributed by atoms with Crippen LogP contribution in [0.3, 0.4) is 0 Å². The summed E-state index contributed by atoms with van der Waals surface area (Å²) in [6.45, 7) is 1.28. The van der Waals surface area contributed by atoms with Crippen LogP contribution in [-0.2, 0) is 17.0 Å². The molecule has 0 bridgehead atoms. The van der Waals surface area contributed by atoms with Gasteiger partial charge in [-0.2, -0.15) is 13.2 Å². The summed E-state index contributed by atoms with van der Waals surface area (Å²) < 4.78 is 51.8. The molecule has 1 aromatic carbocycles. The first-order valence-corrected chi connectivity index (χ1v) is 10.9. The molecular weight excluding hydrogens is 415 g/mol. The third-order valence-corrected chi connectivity index (χ3v) is 6.37. The van der Waals surface area contributed by atoms with Crippen LogP contribution < -0.4 is 10.2 Å². The quantitative estimate of drug-likeness (QED) is 0.751. The van der Waals surface area contributed by atoms with E-state index < -0.39 is 28.4 Å². The molecular formula is C21H20F3N3O2S. The van der Waals surface area contributed by atoms with E-state index in [2.05, 4.69) is 10.3 Å². The van der Waals surface area contributed by atoms with Gasteiger partial charge in [0.2, 0.25) is 0 Å². The molecule has 1 aromatic heterocycles. The molecule has 1 unspecified atom stereocenters. The van der Waals surface area contributed by atoms with Crippen LogP contribution in [0.25, 0.3) is 6.08 Å². The SMILES string of the molecule is O=C(Nc1ccc2c(c1)S(=O)C=C2)c1cc(C(F)(F)F)cnc1N1CCCCCC1. The molecule has 1 atom stereocenters. The lowest BCUT2D eigenvalue weighted by Crippen LogP contribution is -2.28. The molecule has 3 heterocycles. The molecule has 158 valence electrons. The van der Waals surface area contributed by atoms with Gasteiger partial charge in [0, 0.05) is 30.4 Å². The highest BCUT2D eigenvalue weighted by Gasteiger charge is 2.33. The summed E-state index contributed by atoms with van der Waals surface area (Å²) in [5.74, 6) is -0.418. The standard InChI is InChI=1S/C21H20F3N3O2S/c22-21(23,24)15-11-17(19(25-13-15)27-8-3-1-2-4-9-27)20(28)26-16-6-5-14-7-10-30(29)18(14)12-16/h5-7,10-13H,1-4,8-9H2,(H,26,28). The molecule has 0 spiro atoms. The van der Waals surface area contributed by atoms with Gasteiger partial charge in [0.1, 0.15) is 5.82 Å². The van der Waals surface area contributed by atoms with Gasteiger partial charge < -0.3 is 10.2 Å². The van der Waals surface area contributed by atoms with Gasteiger partial charge in [-0.3, -0.25) is 4.79 Å². The normalized spacial score (nSPS) is 18.8. The summed E-state index contributed by atoms with van der Waals surface area (Å²) in [6.07, 6.45) is 1.78. The third-order valence-electron chi connectivity index (χ3n) is 5.20. The Balaban J connectivity index is 1.67. The molecule has 4 rings (SSSR count). The number of halogens is 3. The van der Waals surface area contributed by atoms with E-state index in [1.807, 2.05) is 4.90 Å². The molecule has 30 heavy (non-hydrogen) atoms. The van der Waals surface area contributed by atoms with Crippen molar-refractivity contribution in [2.24, 2.45) is 0 Å². The van der Waals surface area contributed by atoms with Crippen LogP contribution in [0.15, 0.2) is 40.8 Å². The van der Waals surface area contributed by atoms with Crippen molar-refractivity contribution >= 4 is 34.3 Å². The van der Waals surface area contributed by atoms with Gasteiger partial charge >= 0.3 is 6.18 Å². The summed E-state index contributed by atoms with van der Waals surface area (Å²) in [4.78, 5) is 19.5. The third kappa shape index (κ3) is 4.26. The topological polar surface area (TPSA) is 62.3 Å². The smallest absolute Gasteiger partial charge is 0.356 e. The number of fused-ring (bicyclic) bond motifs is 1. The highest BCUT2D eigenvalue weighted by atomic mass is 32.2. The van der Waals surface area contributed by atoms with Crippen LogP contribution in [0, 0.1) is 0 Å². The van der Waals surface area contributed by atoms with Crippen molar-refractivity contribution in [3.8, 4) is 0 Å². The first-order chi connectivity index (χ1) is 14.3. The van der Waals surface area contributed by atoms with Gasteiger partial charge in [0.15, 0.2) is 0 Å². The van der Waals surface area contributed by atoms with Gasteiger partial charge in [0.05, 0.1) is 26.8 Å². The van der Waals surface area contributed by atoms with E-state index in [9.17, 15) is 22.2 Å². The maximum absolute atomic E-state index is 13.3. The van der Waals surface area contributed by atoms with E-state index in [0.29, 0.717) is 23.7 Å². The zero-order valence-corrected chi connectivity index (χ0v) is 16.9. The van der Waals surface area contributed by atoms with Gasteiger partial charge in [-0.05, 0) is 42.7 Å². The Kier molecular flexibility index (Phi) is 5.64. The van der Waals surface area contributed by atoms with Crippen molar-refractivity contribution in [2.45, 2.75) is 36.8 Å². The lowest BCUT2D eigenvalue weighted by molar-refractivity contribution is -0.137. The van der Waals surface area contributed by atoms with Crippen LogP contribution in [0.4, 0.5) is 24.7 Å². The monoisotopic (exact) mass is 435 g/mol. The Morgan fingerprint density at radius 1 is 1.10 bits per heavy atom. The van der Waals surface area contributed by atoms with Gasteiger partial charge in [-0.25, -0.2) is 9.19 Å². The number of hydrogen-bond donors (Lipinski definition) is 1. The Bertz CT molecular complexity index is 1030. The van der Waals surface area contributed by atoms with Crippen molar-refractivity contribution in [3.63, 3.8) is 0 Å². The highest BCUT2D eigenvalue weighted by molar-refractivity contribution is 7.88. The molecule has 1 amide bonds. The molecule has 2 aliphatic rings. The van der Waals surface area contributed by atoms with E-state index in [1.165, 1.54) is 0 Å². The molecule has 1 fully saturated rings. The van der Waals surface area contributed by atoms with Crippen LogP contribution >= 0.6 is 0 Å². The Morgan fingerprint density at radius 3 is 2.53 bits per heavy atom. The highest BCUT2D eigenvalue weighted by Crippen LogP contribution is 2.33. The largest absolute Gasteiger partial charge is 0.417 e. The number of amides is 1. The number of rotatable bonds is 3. The van der Waals surface area contributed by atoms with Crippen LogP contribution in [-0.4, -0.2) is 28.2 Å². The molecule has 0 aliphatic carbocycles. The number of carbonyl (C=O) groups is 1. The molecule has 9 heteroatoms.